The van der Waals surface area contributed by atoms with Gasteiger partial charge in [-0.15, -0.1) is 0 Å². The third kappa shape index (κ3) is 3.45. The molecular weight excluding hydrogens is 263 g/mol. The Morgan fingerprint density at radius 2 is 2.00 bits per heavy atom. The fourth-order valence-electron chi connectivity index (χ4n) is 1.29. The minimum absolute atomic E-state index is 0.0964. The predicted molar refractivity (Wildman–Crippen MR) is 64.0 cm³/mol. The van der Waals surface area contributed by atoms with Gasteiger partial charge in [0.25, 0.3) is 0 Å². The van der Waals surface area contributed by atoms with Crippen LogP contribution in [0.25, 0.3) is 0 Å². The van der Waals surface area contributed by atoms with E-state index in [9.17, 15) is 5.11 Å². The summed E-state index contributed by atoms with van der Waals surface area (Å²) in [5, 5.41) is 9.91. The summed E-state index contributed by atoms with van der Waals surface area (Å²) in [5.41, 5.74) is 1.08. The molecule has 1 aromatic rings. The van der Waals surface area contributed by atoms with Gasteiger partial charge in [0.15, 0.2) is 0 Å². The number of hydrogen-bond acceptors (Lipinski definition) is 1. The molecule has 1 N–H and O–H groups in total. The quantitative estimate of drug-likeness (QED) is 0.888. The minimum Gasteiger partial charge on any atom is -0.396 e. The maximum atomic E-state index is 9.20. The number of hydrogen-bond donors (Lipinski definition) is 1. The Kier molecular flexibility index (Phi) is 4.66. The van der Waals surface area contributed by atoms with Crippen molar-refractivity contribution in [3.63, 3.8) is 0 Å². The average Bonchev–Trinajstić information content (AvgIpc) is 2.15. The van der Waals surface area contributed by atoms with Crippen molar-refractivity contribution in [1.29, 1.82) is 0 Å². The molecular formula is C11H12BrClO. The zero-order valence-electron chi connectivity index (χ0n) is 7.71. The Morgan fingerprint density at radius 1 is 1.43 bits per heavy atom. The fraction of sp³-hybridized carbons (Fsp3) is 0.273. The van der Waals surface area contributed by atoms with Crippen molar-refractivity contribution >= 4 is 27.5 Å². The Labute approximate surface area is 97.5 Å². The maximum Gasteiger partial charge on any atom is 0.0503 e. The molecule has 0 aliphatic carbocycles. The number of allylic oxidation sites excluding steroid dienone is 1. The number of benzene rings is 1. The molecule has 14 heavy (non-hydrogen) atoms. The Balaban J connectivity index is 2.78. The third-order valence-corrected chi connectivity index (χ3v) is 2.61. The molecule has 76 valence electrons. The lowest BCUT2D eigenvalue weighted by atomic mass is 9.97. The van der Waals surface area contributed by atoms with E-state index in [4.69, 9.17) is 11.6 Å². The van der Waals surface area contributed by atoms with Crippen LogP contribution in [0.4, 0.5) is 0 Å². The molecule has 0 radical (unpaired) electrons. The van der Waals surface area contributed by atoms with Crippen LogP contribution in [-0.2, 0) is 0 Å². The van der Waals surface area contributed by atoms with E-state index < -0.39 is 0 Å². The van der Waals surface area contributed by atoms with Gasteiger partial charge >= 0.3 is 0 Å². The predicted octanol–water partition coefficient (Wildman–Crippen LogP) is 3.71. The first-order valence-corrected chi connectivity index (χ1v) is 5.50. The molecule has 1 unspecified atom stereocenters. The minimum atomic E-state index is 0.0964. The molecule has 0 aliphatic heterocycles. The summed E-state index contributed by atoms with van der Waals surface area (Å²) in [4.78, 5) is 0. The molecule has 1 rings (SSSR count). The SMILES string of the molecule is C=C(Br)CC(CO)c1ccc(Cl)cc1. The van der Waals surface area contributed by atoms with Gasteiger partial charge in [0.2, 0.25) is 0 Å². The van der Waals surface area contributed by atoms with Crippen LogP contribution < -0.4 is 0 Å². The second-order valence-corrected chi connectivity index (χ2v) is 4.71. The molecule has 3 heteroatoms. The van der Waals surface area contributed by atoms with Crippen molar-refractivity contribution < 1.29 is 5.11 Å². The lowest BCUT2D eigenvalue weighted by Crippen LogP contribution is -2.03. The highest BCUT2D eigenvalue weighted by Gasteiger charge is 2.10. The number of aliphatic hydroxyl groups is 1. The van der Waals surface area contributed by atoms with Crippen LogP contribution in [0.2, 0.25) is 5.02 Å². The summed E-state index contributed by atoms with van der Waals surface area (Å²) in [6, 6.07) is 7.52. The Morgan fingerprint density at radius 3 is 2.43 bits per heavy atom. The molecule has 0 spiro atoms. The van der Waals surface area contributed by atoms with Crippen LogP contribution in [0.5, 0.6) is 0 Å². The molecule has 1 atom stereocenters. The summed E-state index contributed by atoms with van der Waals surface area (Å²) >= 11 is 9.07. The monoisotopic (exact) mass is 274 g/mol. The van der Waals surface area contributed by atoms with Gasteiger partial charge < -0.3 is 5.11 Å². The van der Waals surface area contributed by atoms with E-state index in [0.29, 0.717) is 5.02 Å². The number of rotatable bonds is 4. The smallest absolute Gasteiger partial charge is 0.0503 e. The van der Waals surface area contributed by atoms with E-state index in [1.54, 1.807) is 0 Å². The van der Waals surface area contributed by atoms with Gasteiger partial charge in [-0.3, -0.25) is 0 Å². The molecule has 0 fully saturated rings. The van der Waals surface area contributed by atoms with Crippen LogP contribution in [0, 0.1) is 0 Å². The van der Waals surface area contributed by atoms with Crippen molar-refractivity contribution in [2.75, 3.05) is 6.61 Å². The van der Waals surface area contributed by atoms with Gasteiger partial charge in [-0.25, -0.2) is 0 Å². The molecule has 0 amide bonds. The summed E-state index contributed by atoms with van der Waals surface area (Å²) in [7, 11) is 0. The first-order valence-electron chi connectivity index (χ1n) is 4.33. The summed E-state index contributed by atoms with van der Waals surface area (Å²) in [6.07, 6.45) is 0.734. The third-order valence-electron chi connectivity index (χ3n) is 2.03. The first-order chi connectivity index (χ1) is 6.63. The molecule has 1 nitrogen and oxygen atoms in total. The Bertz CT molecular complexity index is 308. The zero-order valence-corrected chi connectivity index (χ0v) is 10.1. The molecule has 0 saturated heterocycles. The fourth-order valence-corrected chi connectivity index (χ4v) is 1.81. The van der Waals surface area contributed by atoms with E-state index >= 15 is 0 Å². The van der Waals surface area contributed by atoms with Crippen molar-refractivity contribution in [2.24, 2.45) is 0 Å². The molecule has 0 aliphatic rings. The second kappa shape index (κ2) is 5.54. The van der Waals surface area contributed by atoms with Gasteiger partial charge in [0.05, 0.1) is 6.61 Å². The van der Waals surface area contributed by atoms with Gasteiger partial charge in [-0.1, -0.05) is 46.2 Å². The lowest BCUT2D eigenvalue weighted by molar-refractivity contribution is 0.265. The van der Waals surface area contributed by atoms with E-state index in [1.807, 2.05) is 24.3 Å². The van der Waals surface area contributed by atoms with E-state index in [1.165, 1.54) is 0 Å². The Hall–Kier alpha value is -0.310. The summed E-state index contributed by atoms with van der Waals surface area (Å²) in [6.45, 7) is 3.88. The second-order valence-electron chi connectivity index (χ2n) is 3.15. The zero-order chi connectivity index (χ0) is 10.6. The van der Waals surface area contributed by atoms with Gasteiger partial charge in [0.1, 0.15) is 0 Å². The van der Waals surface area contributed by atoms with E-state index in [0.717, 1.165) is 16.5 Å². The number of aliphatic hydroxyl groups excluding tert-OH is 1. The van der Waals surface area contributed by atoms with Crippen LogP contribution in [0.3, 0.4) is 0 Å². The van der Waals surface area contributed by atoms with Crippen molar-refractivity contribution in [2.45, 2.75) is 12.3 Å². The summed E-state index contributed by atoms with van der Waals surface area (Å²) < 4.78 is 0.895. The van der Waals surface area contributed by atoms with E-state index in [-0.39, 0.29) is 12.5 Å². The highest BCUT2D eigenvalue weighted by atomic mass is 79.9. The molecule has 0 saturated carbocycles. The van der Waals surface area contributed by atoms with Crippen LogP contribution in [0.15, 0.2) is 35.3 Å². The number of halogens is 2. The normalized spacial score (nSPS) is 12.5. The highest BCUT2D eigenvalue weighted by Crippen LogP contribution is 2.25. The maximum absolute atomic E-state index is 9.20. The van der Waals surface area contributed by atoms with E-state index in [2.05, 4.69) is 22.5 Å². The topological polar surface area (TPSA) is 20.2 Å². The van der Waals surface area contributed by atoms with Crippen LogP contribution >= 0.6 is 27.5 Å². The molecule has 0 aromatic heterocycles. The standard InChI is InChI=1S/C11H12BrClO/c1-8(12)6-10(7-14)9-2-4-11(13)5-3-9/h2-5,10,14H,1,6-7H2. The highest BCUT2D eigenvalue weighted by molar-refractivity contribution is 9.11. The van der Waals surface area contributed by atoms with Crippen molar-refractivity contribution in [3.8, 4) is 0 Å². The van der Waals surface area contributed by atoms with Gasteiger partial charge in [-0.05, 0) is 28.6 Å². The lowest BCUT2D eigenvalue weighted by Gasteiger charge is -2.13. The van der Waals surface area contributed by atoms with Crippen LogP contribution in [-0.4, -0.2) is 11.7 Å². The summed E-state index contributed by atoms with van der Waals surface area (Å²) in [5.74, 6) is 0.0964. The van der Waals surface area contributed by atoms with Gasteiger partial charge in [-0.2, -0.15) is 0 Å². The van der Waals surface area contributed by atoms with Crippen LogP contribution in [0.1, 0.15) is 17.9 Å². The van der Waals surface area contributed by atoms with Crippen molar-refractivity contribution in [1.82, 2.24) is 0 Å². The molecule has 0 heterocycles. The average molecular weight is 276 g/mol. The first kappa shape index (κ1) is 11.8. The largest absolute Gasteiger partial charge is 0.396 e. The molecule has 0 bridgehead atoms. The van der Waals surface area contributed by atoms with Crippen molar-refractivity contribution in [3.05, 3.63) is 45.9 Å². The molecule has 1 aromatic carbocycles. The van der Waals surface area contributed by atoms with Gasteiger partial charge in [0, 0.05) is 10.9 Å².